The van der Waals surface area contributed by atoms with Crippen LogP contribution in [0.15, 0.2) is 24.3 Å². The molecule has 26 heavy (non-hydrogen) atoms. The maximum absolute atomic E-state index is 13.0. The molecule has 2 amide bonds. The van der Waals surface area contributed by atoms with E-state index in [1.54, 1.807) is 19.1 Å². The van der Waals surface area contributed by atoms with E-state index in [1.165, 1.54) is 23.9 Å². The van der Waals surface area contributed by atoms with Gasteiger partial charge in [0.05, 0.1) is 31.0 Å². The SMILES string of the molecule is COCCNC(=O)CNC(=O)c1c(C)nn(Cc2ccc(F)cc2)c1Cl. The van der Waals surface area contributed by atoms with Crippen molar-refractivity contribution in [2.45, 2.75) is 13.5 Å². The molecule has 1 heterocycles. The third kappa shape index (κ3) is 5.27. The van der Waals surface area contributed by atoms with E-state index in [4.69, 9.17) is 16.3 Å². The lowest BCUT2D eigenvalue weighted by Crippen LogP contribution is -2.38. The van der Waals surface area contributed by atoms with Gasteiger partial charge in [0, 0.05) is 13.7 Å². The standard InChI is InChI=1S/C17H20ClFN4O3/c1-11-15(17(25)21-9-14(24)20-7-8-26-2)16(18)23(22-11)10-12-3-5-13(19)6-4-12/h3-6H,7-10H2,1-2H3,(H,20,24)(H,21,25). The molecule has 0 spiro atoms. The molecular formula is C17H20ClFN4O3. The first-order chi connectivity index (χ1) is 12.4. The molecule has 2 rings (SSSR count). The second-order valence-electron chi connectivity index (χ2n) is 5.56. The summed E-state index contributed by atoms with van der Waals surface area (Å²) in [6.07, 6.45) is 0. The third-order valence-corrected chi connectivity index (χ3v) is 3.96. The average molecular weight is 383 g/mol. The summed E-state index contributed by atoms with van der Waals surface area (Å²) in [4.78, 5) is 24.0. The van der Waals surface area contributed by atoms with Gasteiger partial charge in [-0.25, -0.2) is 9.07 Å². The first-order valence-corrected chi connectivity index (χ1v) is 8.31. The minimum atomic E-state index is -0.486. The van der Waals surface area contributed by atoms with Gasteiger partial charge in [0.2, 0.25) is 5.91 Å². The maximum Gasteiger partial charge on any atom is 0.256 e. The maximum atomic E-state index is 13.0. The molecule has 2 N–H and O–H groups in total. The molecule has 0 saturated carbocycles. The predicted octanol–water partition coefficient (Wildman–Crippen LogP) is 1.52. The summed E-state index contributed by atoms with van der Waals surface area (Å²) in [5.74, 6) is -1.15. The number of nitrogens with one attached hydrogen (secondary N) is 2. The third-order valence-electron chi connectivity index (χ3n) is 3.58. The van der Waals surface area contributed by atoms with Crippen molar-refractivity contribution in [3.63, 3.8) is 0 Å². The van der Waals surface area contributed by atoms with Crippen molar-refractivity contribution >= 4 is 23.4 Å². The van der Waals surface area contributed by atoms with Crippen molar-refractivity contribution in [2.75, 3.05) is 26.8 Å². The Labute approximate surface area is 155 Å². The molecule has 0 fully saturated rings. The first kappa shape index (κ1) is 19.9. The number of carbonyl (C=O) groups is 2. The van der Waals surface area contributed by atoms with Crippen molar-refractivity contribution in [3.8, 4) is 0 Å². The van der Waals surface area contributed by atoms with Gasteiger partial charge >= 0.3 is 0 Å². The number of aromatic nitrogens is 2. The van der Waals surface area contributed by atoms with Gasteiger partial charge in [-0.2, -0.15) is 5.10 Å². The number of nitrogens with zero attached hydrogens (tertiary/aromatic N) is 2. The lowest BCUT2D eigenvalue weighted by atomic mass is 10.2. The van der Waals surface area contributed by atoms with Crippen LogP contribution in [0.1, 0.15) is 21.6 Å². The summed E-state index contributed by atoms with van der Waals surface area (Å²) in [7, 11) is 1.53. The number of ether oxygens (including phenoxy) is 1. The molecular weight excluding hydrogens is 363 g/mol. The smallest absolute Gasteiger partial charge is 0.256 e. The second-order valence-corrected chi connectivity index (χ2v) is 5.92. The van der Waals surface area contributed by atoms with E-state index in [0.717, 1.165) is 5.56 Å². The lowest BCUT2D eigenvalue weighted by molar-refractivity contribution is -0.120. The van der Waals surface area contributed by atoms with Crippen LogP contribution in [-0.4, -0.2) is 48.4 Å². The zero-order valence-electron chi connectivity index (χ0n) is 14.5. The van der Waals surface area contributed by atoms with Crippen LogP contribution in [0.3, 0.4) is 0 Å². The number of carbonyl (C=O) groups excluding carboxylic acids is 2. The van der Waals surface area contributed by atoms with Crippen LogP contribution in [0, 0.1) is 12.7 Å². The zero-order valence-corrected chi connectivity index (χ0v) is 15.3. The molecule has 0 aliphatic carbocycles. The lowest BCUT2D eigenvalue weighted by Gasteiger charge is -2.07. The summed E-state index contributed by atoms with van der Waals surface area (Å²) in [5.41, 5.74) is 1.44. The van der Waals surface area contributed by atoms with Crippen LogP contribution in [0.4, 0.5) is 4.39 Å². The number of amides is 2. The Hall–Kier alpha value is -2.45. The summed E-state index contributed by atoms with van der Waals surface area (Å²) in [5, 5.41) is 9.52. The van der Waals surface area contributed by atoms with E-state index >= 15 is 0 Å². The van der Waals surface area contributed by atoms with E-state index in [9.17, 15) is 14.0 Å². The number of rotatable bonds is 8. The fraction of sp³-hybridized carbons (Fsp3) is 0.353. The fourth-order valence-corrected chi connectivity index (χ4v) is 2.60. The van der Waals surface area contributed by atoms with Crippen molar-refractivity contribution < 1.29 is 18.7 Å². The highest BCUT2D eigenvalue weighted by Gasteiger charge is 2.20. The minimum absolute atomic E-state index is 0.157. The molecule has 2 aromatic rings. The summed E-state index contributed by atoms with van der Waals surface area (Å²) in [6, 6.07) is 5.92. The number of methoxy groups -OCH3 is 1. The molecule has 0 aliphatic heterocycles. The van der Waals surface area contributed by atoms with Gasteiger partial charge in [0.1, 0.15) is 11.0 Å². The highest BCUT2D eigenvalue weighted by atomic mass is 35.5. The topological polar surface area (TPSA) is 85.2 Å². The van der Waals surface area contributed by atoms with Crippen LogP contribution < -0.4 is 10.6 Å². The Morgan fingerprint density at radius 3 is 2.62 bits per heavy atom. The molecule has 0 atom stereocenters. The van der Waals surface area contributed by atoms with Crippen LogP contribution >= 0.6 is 11.6 Å². The number of benzene rings is 1. The Bertz CT molecular complexity index is 777. The van der Waals surface area contributed by atoms with Crippen LogP contribution in [0.25, 0.3) is 0 Å². The number of aryl methyl sites for hydroxylation is 1. The molecule has 0 unspecified atom stereocenters. The number of hydrogen-bond acceptors (Lipinski definition) is 4. The van der Waals surface area contributed by atoms with Gasteiger partial charge in [0.25, 0.3) is 5.91 Å². The highest BCUT2D eigenvalue weighted by Crippen LogP contribution is 2.21. The Morgan fingerprint density at radius 1 is 1.27 bits per heavy atom. The predicted molar refractivity (Wildman–Crippen MR) is 94.7 cm³/mol. The molecule has 0 saturated heterocycles. The highest BCUT2D eigenvalue weighted by molar-refractivity contribution is 6.33. The van der Waals surface area contributed by atoms with Gasteiger partial charge in [-0.3, -0.25) is 9.59 Å². The van der Waals surface area contributed by atoms with Crippen LogP contribution in [-0.2, 0) is 16.1 Å². The van der Waals surface area contributed by atoms with Gasteiger partial charge in [-0.05, 0) is 24.6 Å². The summed E-state index contributed by atoms with van der Waals surface area (Å²) in [6.45, 7) is 2.52. The number of halogens is 2. The average Bonchev–Trinajstić information content (AvgIpc) is 2.89. The van der Waals surface area contributed by atoms with Gasteiger partial charge in [-0.15, -0.1) is 0 Å². The van der Waals surface area contributed by atoms with Gasteiger partial charge < -0.3 is 15.4 Å². The Kier molecular flexibility index (Phi) is 7.11. The van der Waals surface area contributed by atoms with Crippen molar-refractivity contribution in [3.05, 3.63) is 52.1 Å². The Morgan fingerprint density at radius 2 is 1.96 bits per heavy atom. The van der Waals surface area contributed by atoms with E-state index < -0.39 is 5.91 Å². The number of hydrogen-bond donors (Lipinski definition) is 2. The van der Waals surface area contributed by atoms with Crippen LogP contribution in [0.5, 0.6) is 0 Å². The molecule has 7 nitrogen and oxygen atoms in total. The summed E-state index contributed by atoms with van der Waals surface area (Å²) >= 11 is 6.27. The quantitative estimate of drug-likeness (QED) is 0.678. The van der Waals surface area contributed by atoms with E-state index in [2.05, 4.69) is 15.7 Å². The molecule has 9 heteroatoms. The second kappa shape index (κ2) is 9.30. The van der Waals surface area contributed by atoms with E-state index in [0.29, 0.717) is 25.4 Å². The van der Waals surface area contributed by atoms with Crippen molar-refractivity contribution in [1.29, 1.82) is 0 Å². The van der Waals surface area contributed by atoms with Gasteiger partial charge in [0.15, 0.2) is 0 Å². The van der Waals surface area contributed by atoms with Crippen molar-refractivity contribution in [2.24, 2.45) is 0 Å². The Balaban J connectivity index is 2.00. The molecule has 140 valence electrons. The molecule has 0 bridgehead atoms. The summed E-state index contributed by atoms with van der Waals surface area (Å²) < 4.78 is 19.3. The molecule has 1 aromatic heterocycles. The zero-order chi connectivity index (χ0) is 19.1. The molecule has 0 aliphatic rings. The normalized spacial score (nSPS) is 10.6. The van der Waals surface area contributed by atoms with Gasteiger partial charge in [-0.1, -0.05) is 23.7 Å². The van der Waals surface area contributed by atoms with Crippen LogP contribution in [0.2, 0.25) is 5.15 Å². The largest absolute Gasteiger partial charge is 0.383 e. The fourth-order valence-electron chi connectivity index (χ4n) is 2.28. The monoisotopic (exact) mass is 382 g/mol. The van der Waals surface area contributed by atoms with E-state index in [-0.39, 0.29) is 29.0 Å². The molecule has 0 radical (unpaired) electrons. The van der Waals surface area contributed by atoms with E-state index in [1.807, 2.05) is 0 Å². The van der Waals surface area contributed by atoms with Crippen molar-refractivity contribution in [1.82, 2.24) is 20.4 Å². The minimum Gasteiger partial charge on any atom is -0.383 e. The first-order valence-electron chi connectivity index (χ1n) is 7.93. The molecule has 1 aromatic carbocycles.